The Morgan fingerprint density at radius 2 is 1.47 bits per heavy atom. The van der Waals surface area contributed by atoms with Crippen LogP contribution in [0.2, 0.25) is 0 Å². The molecule has 1 aliphatic heterocycles. The second-order valence-electron chi connectivity index (χ2n) is 4.09. The summed E-state index contributed by atoms with van der Waals surface area (Å²) in [5, 5.41) is 0. The number of hydrogen-bond acceptors (Lipinski definition) is 3. The molecule has 0 aromatic heterocycles. The lowest BCUT2D eigenvalue weighted by Gasteiger charge is -1.91. The third-order valence-corrected chi connectivity index (χ3v) is 3.98. The fraction of sp³-hybridized carbons (Fsp3) is 0.0714. The van der Waals surface area contributed by atoms with Crippen molar-refractivity contribution in [2.24, 2.45) is 0 Å². The first-order valence-corrected chi connectivity index (χ1v) is 7.17. The molecule has 0 atom stereocenters. The summed E-state index contributed by atoms with van der Waals surface area (Å²) in [5.74, 6) is -0.550. The first-order valence-electron chi connectivity index (χ1n) is 5.68. The summed E-state index contributed by atoms with van der Waals surface area (Å²) in [5.41, 5.74) is 1.54. The van der Waals surface area contributed by atoms with Gasteiger partial charge < -0.3 is 0 Å². The lowest BCUT2D eigenvalue weighted by Crippen LogP contribution is -2.20. The summed E-state index contributed by atoms with van der Waals surface area (Å²) in [6.07, 6.45) is 0. The van der Waals surface area contributed by atoms with Crippen LogP contribution in [0.4, 0.5) is 0 Å². The number of rotatable bonds is 0. The van der Waals surface area contributed by atoms with E-state index < -0.39 is 15.9 Å². The second kappa shape index (κ2) is 5.24. The highest BCUT2D eigenvalue weighted by molar-refractivity contribution is 7.90. The number of sulfonamides is 1. The van der Waals surface area contributed by atoms with Crippen LogP contribution in [-0.2, 0) is 10.0 Å². The fourth-order valence-corrected chi connectivity index (χ4v) is 2.83. The quantitative estimate of drug-likeness (QED) is 0.801. The van der Waals surface area contributed by atoms with Crippen molar-refractivity contribution in [3.05, 3.63) is 65.7 Å². The molecule has 4 nitrogen and oxygen atoms in total. The predicted octanol–water partition coefficient (Wildman–Crippen LogP) is 2.11. The molecule has 2 aromatic rings. The van der Waals surface area contributed by atoms with Gasteiger partial charge in [0.2, 0.25) is 0 Å². The SMILES string of the molecule is Cc1ccccc1.O=C1NS(=O)(=O)c2ccccc21. The van der Waals surface area contributed by atoms with Crippen molar-refractivity contribution < 1.29 is 13.2 Å². The number of amides is 1. The van der Waals surface area contributed by atoms with Gasteiger partial charge in [0.05, 0.1) is 5.56 Å². The Balaban J connectivity index is 0.000000163. The van der Waals surface area contributed by atoms with Crippen LogP contribution < -0.4 is 4.72 Å². The maximum atomic E-state index is 11.1. The van der Waals surface area contributed by atoms with Crippen molar-refractivity contribution in [1.82, 2.24) is 4.72 Å². The number of benzene rings is 2. The zero-order valence-electron chi connectivity index (χ0n) is 10.3. The van der Waals surface area contributed by atoms with Crippen LogP contribution in [-0.4, -0.2) is 14.3 Å². The van der Waals surface area contributed by atoms with Crippen LogP contribution in [0.25, 0.3) is 0 Å². The summed E-state index contributed by atoms with van der Waals surface area (Å²) >= 11 is 0. The Kier molecular flexibility index (Phi) is 3.66. The highest BCUT2D eigenvalue weighted by Gasteiger charge is 2.31. The van der Waals surface area contributed by atoms with E-state index in [1.54, 1.807) is 12.1 Å². The first kappa shape index (κ1) is 13.3. The molecule has 1 N–H and O–H groups in total. The molecule has 2 aromatic carbocycles. The first-order chi connectivity index (χ1) is 9.00. The van der Waals surface area contributed by atoms with Crippen LogP contribution in [0, 0.1) is 6.92 Å². The smallest absolute Gasteiger partial charge is 0.266 e. The van der Waals surface area contributed by atoms with E-state index in [2.05, 4.69) is 19.1 Å². The molecule has 0 spiro atoms. The summed E-state index contributed by atoms with van der Waals surface area (Å²) < 4.78 is 24.2. The van der Waals surface area contributed by atoms with Crippen LogP contribution in [0.15, 0.2) is 59.5 Å². The largest absolute Gasteiger partial charge is 0.268 e. The molecule has 98 valence electrons. The van der Waals surface area contributed by atoms with Gasteiger partial charge in [-0.25, -0.2) is 13.1 Å². The Morgan fingerprint density at radius 1 is 0.895 bits per heavy atom. The van der Waals surface area contributed by atoms with Crippen molar-refractivity contribution >= 4 is 15.9 Å². The lowest BCUT2D eigenvalue weighted by atomic mass is 10.2. The van der Waals surface area contributed by atoms with Gasteiger partial charge >= 0.3 is 0 Å². The Hall–Kier alpha value is -2.14. The van der Waals surface area contributed by atoms with Gasteiger partial charge in [0, 0.05) is 0 Å². The van der Waals surface area contributed by atoms with Crippen LogP contribution in [0.5, 0.6) is 0 Å². The Bertz CT molecular complexity index is 694. The van der Waals surface area contributed by atoms with Gasteiger partial charge in [-0.15, -0.1) is 0 Å². The molecule has 5 heteroatoms. The Labute approximate surface area is 112 Å². The molecule has 0 bridgehead atoms. The zero-order valence-corrected chi connectivity index (χ0v) is 11.1. The van der Waals surface area contributed by atoms with E-state index in [0.29, 0.717) is 0 Å². The molecule has 3 rings (SSSR count). The van der Waals surface area contributed by atoms with E-state index in [9.17, 15) is 13.2 Å². The van der Waals surface area contributed by atoms with Crippen LogP contribution in [0.1, 0.15) is 15.9 Å². The van der Waals surface area contributed by atoms with E-state index in [4.69, 9.17) is 0 Å². The van der Waals surface area contributed by atoms with Crippen LogP contribution >= 0.6 is 0 Å². The highest BCUT2D eigenvalue weighted by atomic mass is 32.2. The van der Waals surface area contributed by atoms with Crippen molar-refractivity contribution in [3.8, 4) is 0 Å². The topological polar surface area (TPSA) is 63.2 Å². The molecule has 1 amide bonds. The summed E-state index contributed by atoms with van der Waals surface area (Å²) in [6.45, 7) is 2.08. The average Bonchev–Trinajstić information content (AvgIpc) is 2.62. The fourth-order valence-electron chi connectivity index (χ4n) is 1.65. The molecule has 1 aliphatic rings. The maximum Gasteiger partial charge on any atom is 0.266 e. The minimum atomic E-state index is -3.55. The van der Waals surface area contributed by atoms with E-state index in [1.807, 2.05) is 22.9 Å². The normalized spacial score (nSPS) is 14.9. The summed E-state index contributed by atoms with van der Waals surface area (Å²) in [4.78, 5) is 11.1. The van der Waals surface area contributed by atoms with Gasteiger partial charge in [-0.1, -0.05) is 48.0 Å². The number of carbonyl (C=O) groups is 1. The highest BCUT2D eigenvalue weighted by Crippen LogP contribution is 2.20. The van der Waals surface area contributed by atoms with E-state index in [1.165, 1.54) is 17.7 Å². The molecule has 0 radical (unpaired) electrons. The molecule has 0 aliphatic carbocycles. The van der Waals surface area contributed by atoms with Crippen molar-refractivity contribution in [2.75, 3.05) is 0 Å². The maximum absolute atomic E-state index is 11.1. The van der Waals surface area contributed by atoms with Crippen LogP contribution in [0.3, 0.4) is 0 Å². The molecule has 1 heterocycles. The molecular weight excluding hydrogens is 262 g/mol. The van der Waals surface area contributed by atoms with Gasteiger partial charge in [-0.3, -0.25) is 4.79 Å². The minimum Gasteiger partial charge on any atom is -0.268 e. The number of carbonyl (C=O) groups excluding carboxylic acids is 1. The molecule has 0 fully saturated rings. The molecule has 0 saturated carbocycles. The number of nitrogens with one attached hydrogen (secondary N) is 1. The Morgan fingerprint density at radius 3 is 2.00 bits per heavy atom. The molecule has 0 saturated heterocycles. The molecule has 19 heavy (non-hydrogen) atoms. The lowest BCUT2D eigenvalue weighted by molar-refractivity contribution is 0.0985. The van der Waals surface area contributed by atoms with E-state index in [-0.39, 0.29) is 10.5 Å². The van der Waals surface area contributed by atoms with Gasteiger partial charge in [0.25, 0.3) is 15.9 Å². The van der Waals surface area contributed by atoms with Crippen molar-refractivity contribution in [1.29, 1.82) is 0 Å². The number of hydrogen-bond donors (Lipinski definition) is 1. The second-order valence-corrected chi connectivity index (χ2v) is 5.74. The van der Waals surface area contributed by atoms with Gasteiger partial charge in [-0.05, 0) is 19.1 Å². The number of fused-ring (bicyclic) bond motifs is 1. The van der Waals surface area contributed by atoms with Gasteiger partial charge in [-0.2, -0.15) is 0 Å². The average molecular weight is 275 g/mol. The summed E-state index contributed by atoms with van der Waals surface area (Å²) in [7, 11) is -3.55. The third kappa shape index (κ3) is 3.00. The standard InChI is InChI=1S/C7H5NO3S.C7H8/c9-7-5-3-1-2-4-6(5)12(10,11)8-7;1-7-5-3-2-4-6-7/h1-4H,(H,8,9);2-6H,1H3. The number of aryl methyl sites for hydroxylation is 1. The summed E-state index contributed by atoms with van der Waals surface area (Å²) in [6, 6.07) is 16.4. The minimum absolute atomic E-state index is 0.0648. The predicted molar refractivity (Wildman–Crippen MR) is 72.3 cm³/mol. The van der Waals surface area contributed by atoms with Gasteiger partial charge in [0.15, 0.2) is 0 Å². The zero-order chi connectivity index (χ0) is 13.9. The monoisotopic (exact) mass is 275 g/mol. The third-order valence-electron chi connectivity index (χ3n) is 2.59. The van der Waals surface area contributed by atoms with Crippen molar-refractivity contribution in [3.63, 3.8) is 0 Å². The van der Waals surface area contributed by atoms with Crippen molar-refractivity contribution in [2.45, 2.75) is 11.8 Å². The van der Waals surface area contributed by atoms with E-state index in [0.717, 1.165) is 0 Å². The molecular formula is C14H13NO3S. The van der Waals surface area contributed by atoms with Gasteiger partial charge in [0.1, 0.15) is 4.90 Å². The van der Waals surface area contributed by atoms with E-state index >= 15 is 0 Å². The molecule has 0 unspecified atom stereocenters.